The SMILES string of the molecule is [2H]c1c([2H])c([2H])c2c(-c3cccc4oc5ccccc5c34)c3c([2H])c([2H])c([2H])c([2H])c3c(-c3ccc(-c4cccc5ccccc45)cc3)c2c1[2H].[2H]c1c([2H])c([2H])c2c(-c3cccc4oc5ccccc5c34)c3c([2H])c([2H])c([2H])c([2H])c3c(-c3cccc(-c4cccc5c4ccc4ccccc45)c3)c2c1[2H]. The van der Waals surface area contributed by atoms with Crippen molar-refractivity contribution in [2.75, 3.05) is 0 Å². The first-order valence-electron chi connectivity index (χ1n) is 37.7. The van der Waals surface area contributed by atoms with E-state index in [-0.39, 0.29) is 91.4 Å². The number of hydrogen-bond donors (Lipinski definition) is 0. The van der Waals surface area contributed by atoms with Crippen molar-refractivity contribution >= 4 is 119 Å². The van der Waals surface area contributed by atoms with Crippen LogP contribution < -0.4 is 0 Å². The highest BCUT2D eigenvalue weighted by Crippen LogP contribution is 2.50. The summed E-state index contributed by atoms with van der Waals surface area (Å²) in [5.74, 6) is 0. The molecule has 0 fully saturated rings. The quantitative estimate of drug-likeness (QED) is 0.123. The number of hydrogen-bond acceptors (Lipinski definition) is 2. The predicted molar refractivity (Wildman–Crippen MR) is 383 cm³/mol. The zero-order valence-electron chi connectivity index (χ0n) is 63.8. The Balaban J connectivity index is 0.000000151. The first-order chi connectivity index (χ1) is 51.3. The van der Waals surface area contributed by atoms with Crippen LogP contribution in [0.3, 0.4) is 0 Å². The second-order valence-electron chi connectivity index (χ2n) is 22.4. The minimum atomic E-state index is -0.439. The summed E-state index contributed by atoms with van der Waals surface area (Å²) in [6, 6.07) is 68.1. The molecule has 0 radical (unpaired) electrons. The largest absolute Gasteiger partial charge is 0.456 e. The lowest BCUT2D eigenvalue weighted by molar-refractivity contribution is 0.668. The molecule has 2 aromatic heterocycles. The third kappa shape index (κ3) is 8.19. The van der Waals surface area contributed by atoms with Crippen LogP contribution in [0.2, 0.25) is 0 Å². The molecule has 19 aromatic rings. The van der Waals surface area contributed by atoms with E-state index in [4.69, 9.17) is 19.8 Å². The van der Waals surface area contributed by atoms with Crippen molar-refractivity contribution in [3.8, 4) is 66.8 Å². The summed E-state index contributed by atoms with van der Waals surface area (Å²) in [6.45, 7) is 0. The van der Waals surface area contributed by atoms with Gasteiger partial charge < -0.3 is 8.83 Å². The van der Waals surface area contributed by atoms with E-state index in [0.717, 1.165) is 65.3 Å². The van der Waals surface area contributed by atoms with Gasteiger partial charge in [-0.2, -0.15) is 0 Å². The summed E-state index contributed by atoms with van der Waals surface area (Å²) in [6.07, 6.45) is 0. The van der Waals surface area contributed by atoms with Gasteiger partial charge in [0.15, 0.2) is 0 Å². The van der Waals surface area contributed by atoms with E-state index in [1.807, 2.05) is 170 Å². The van der Waals surface area contributed by atoms with E-state index in [1.54, 1.807) is 12.1 Å². The molecule has 418 valence electrons. The Labute approximate surface area is 541 Å². The number of benzene rings is 17. The molecule has 2 heteroatoms. The second kappa shape index (κ2) is 21.0. The van der Waals surface area contributed by atoms with Crippen molar-refractivity contribution in [3.05, 3.63) is 327 Å². The maximum Gasteiger partial charge on any atom is 0.136 e. The van der Waals surface area contributed by atoms with Crippen molar-refractivity contribution in [1.82, 2.24) is 0 Å². The topological polar surface area (TPSA) is 26.3 Å². The van der Waals surface area contributed by atoms with Gasteiger partial charge in [-0.15, -0.1) is 0 Å². The highest BCUT2D eigenvalue weighted by Gasteiger charge is 2.23. The molecule has 0 aliphatic rings. The van der Waals surface area contributed by atoms with Crippen LogP contribution in [-0.4, -0.2) is 0 Å². The lowest BCUT2D eigenvalue weighted by atomic mass is 9.84. The Morgan fingerprint density at radius 2 is 0.556 bits per heavy atom. The van der Waals surface area contributed by atoms with Gasteiger partial charge in [-0.1, -0.05) is 297 Å². The molecule has 2 heterocycles. The van der Waals surface area contributed by atoms with Crippen molar-refractivity contribution in [2.24, 2.45) is 0 Å². The Kier molecular flexibility index (Phi) is 8.77. The van der Waals surface area contributed by atoms with Gasteiger partial charge >= 0.3 is 0 Å². The first-order valence-corrected chi connectivity index (χ1v) is 29.7. The predicted octanol–water partition coefficient (Wildman–Crippen LogP) is 25.2. The average molecular weight is 1160 g/mol. The van der Waals surface area contributed by atoms with E-state index in [9.17, 15) is 11.0 Å². The lowest BCUT2D eigenvalue weighted by Gasteiger charge is -2.19. The second-order valence-corrected chi connectivity index (χ2v) is 22.4. The molecule has 17 aromatic carbocycles. The number of rotatable bonds is 6. The molecule has 0 aliphatic heterocycles. The Morgan fingerprint density at radius 1 is 0.200 bits per heavy atom. The molecule has 0 amide bonds. The fourth-order valence-electron chi connectivity index (χ4n) is 13.8. The van der Waals surface area contributed by atoms with Crippen LogP contribution in [0.25, 0.3) is 186 Å². The van der Waals surface area contributed by atoms with Gasteiger partial charge in [-0.25, -0.2) is 0 Å². The fourth-order valence-corrected chi connectivity index (χ4v) is 13.8. The molecule has 90 heavy (non-hydrogen) atoms. The van der Waals surface area contributed by atoms with E-state index in [0.29, 0.717) is 77.6 Å². The van der Waals surface area contributed by atoms with Crippen LogP contribution in [0.15, 0.2) is 336 Å². The van der Waals surface area contributed by atoms with Gasteiger partial charge in [0.25, 0.3) is 0 Å². The zero-order valence-corrected chi connectivity index (χ0v) is 47.8. The van der Waals surface area contributed by atoms with Gasteiger partial charge in [-0.05, 0) is 173 Å². The molecule has 0 N–H and O–H groups in total. The first kappa shape index (κ1) is 37.7. The normalized spacial score (nSPS) is 14.3. The number of fused-ring (bicyclic) bond motifs is 14. The molecule has 0 atom stereocenters. The smallest absolute Gasteiger partial charge is 0.136 e. The Hall–Kier alpha value is -11.8. The maximum absolute atomic E-state index is 9.44. The summed E-state index contributed by atoms with van der Waals surface area (Å²) >= 11 is 0. The van der Waals surface area contributed by atoms with Crippen LogP contribution in [0.4, 0.5) is 0 Å². The molecule has 0 bridgehead atoms. The van der Waals surface area contributed by atoms with Gasteiger partial charge in [0.2, 0.25) is 0 Å². The van der Waals surface area contributed by atoms with E-state index in [2.05, 4.69) is 48.5 Å². The van der Waals surface area contributed by atoms with Crippen molar-refractivity contribution in [2.45, 2.75) is 0 Å². The van der Waals surface area contributed by atoms with Crippen LogP contribution in [0, 0.1) is 0 Å². The van der Waals surface area contributed by atoms with Crippen molar-refractivity contribution in [1.29, 1.82) is 0 Å². The zero-order chi connectivity index (χ0) is 73.2. The Morgan fingerprint density at radius 3 is 1.10 bits per heavy atom. The monoisotopic (exact) mass is 1160 g/mol. The number of para-hydroxylation sites is 2. The molecular weight excluding hydrogens is 1090 g/mol. The third-order valence-electron chi connectivity index (χ3n) is 17.6. The summed E-state index contributed by atoms with van der Waals surface area (Å²) in [7, 11) is 0. The molecule has 0 aliphatic carbocycles. The number of furan rings is 2. The van der Waals surface area contributed by atoms with Gasteiger partial charge in [0.1, 0.15) is 22.3 Å². The van der Waals surface area contributed by atoms with E-state index >= 15 is 0 Å². The molecule has 0 saturated heterocycles. The van der Waals surface area contributed by atoms with E-state index < -0.39 is 48.3 Å². The Bertz CT molecular complexity index is 6930. The molecule has 0 spiro atoms. The summed E-state index contributed by atoms with van der Waals surface area (Å²) in [5.41, 5.74) is 9.51. The summed E-state index contributed by atoms with van der Waals surface area (Å²) in [4.78, 5) is 0. The third-order valence-corrected chi connectivity index (χ3v) is 17.6. The lowest BCUT2D eigenvalue weighted by Crippen LogP contribution is -1.92. The van der Waals surface area contributed by atoms with Gasteiger partial charge in [-0.3, -0.25) is 0 Å². The molecular formula is C88H54O2. The highest BCUT2D eigenvalue weighted by molar-refractivity contribution is 6.28. The molecule has 0 saturated carbocycles. The minimum Gasteiger partial charge on any atom is -0.456 e. The van der Waals surface area contributed by atoms with E-state index in [1.165, 1.54) is 0 Å². The van der Waals surface area contributed by atoms with Crippen LogP contribution in [0.1, 0.15) is 21.9 Å². The standard InChI is InChI=1S/C46H28O.C42H26O/c1-2-15-32-29(12-1)26-27-35-33(21-10-22-34(32)35)30-13-9-14-31(28-30)44-36-16-3-5-18-38(36)45(39-19-6-4-17-37(39)44)41-23-11-25-43-46(41)40-20-7-8-24-42(40)47-43;1-2-13-30-27(11-1)12-9-19-31(30)28-23-25-29(26-24-28)40-32-14-3-5-16-34(32)41(35-17-6-4-15-33(35)40)37-20-10-22-39-42(37)36-18-7-8-21-38(36)43-39/h1-28H;1-26H/i3D,4D,5D,6D,16D,17D,18D,19D;3D,4D,5D,6D,14D,15D,16D,17D. The van der Waals surface area contributed by atoms with Gasteiger partial charge in [0, 0.05) is 21.5 Å². The molecule has 2 nitrogen and oxygen atoms in total. The minimum absolute atomic E-state index is 0.165. The van der Waals surface area contributed by atoms with Crippen LogP contribution in [-0.2, 0) is 0 Å². The summed E-state index contributed by atoms with van der Waals surface area (Å²) in [5, 5.41) is 10.8. The van der Waals surface area contributed by atoms with Crippen molar-refractivity contribution < 1.29 is 30.8 Å². The van der Waals surface area contributed by atoms with Crippen molar-refractivity contribution in [3.63, 3.8) is 0 Å². The maximum atomic E-state index is 9.44. The average Bonchev–Trinajstić information content (AvgIpc) is 0.947. The van der Waals surface area contributed by atoms with Gasteiger partial charge in [0.05, 0.1) is 21.9 Å². The molecule has 0 unspecified atom stereocenters. The van der Waals surface area contributed by atoms with Crippen LogP contribution in [0.5, 0.6) is 0 Å². The fraction of sp³-hybridized carbons (Fsp3) is 0. The van der Waals surface area contributed by atoms with Crippen LogP contribution >= 0.6 is 0 Å². The highest BCUT2D eigenvalue weighted by atomic mass is 16.3. The summed E-state index contributed by atoms with van der Waals surface area (Å²) < 4.78 is 158. The molecule has 19 rings (SSSR count).